The van der Waals surface area contributed by atoms with Crippen molar-refractivity contribution in [3.05, 3.63) is 47.0 Å². The van der Waals surface area contributed by atoms with Gasteiger partial charge in [0, 0.05) is 5.54 Å². The van der Waals surface area contributed by atoms with Gasteiger partial charge in [-0.05, 0) is 74.7 Å². The van der Waals surface area contributed by atoms with Crippen LogP contribution < -0.4 is 0 Å². The zero-order valence-electron chi connectivity index (χ0n) is 17.2. The minimum absolute atomic E-state index is 0.0394. The van der Waals surface area contributed by atoms with Gasteiger partial charge < -0.3 is 9.84 Å². The molecule has 2 saturated carbocycles. The maximum absolute atomic E-state index is 9.78. The van der Waals surface area contributed by atoms with Crippen LogP contribution >= 0.6 is 11.6 Å². The molecule has 27 heavy (non-hydrogen) atoms. The first-order valence-corrected chi connectivity index (χ1v) is 11.0. The average molecular weight is 391 g/mol. The topological polar surface area (TPSA) is 29.5 Å². The van der Waals surface area contributed by atoms with Crippen LogP contribution in [0.5, 0.6) is 0 Å². The van der Waals surface area contributed by atoms with Gasteiger partial charge in [0.05, 0.1) is 18.3 Å². The van der Waals surface area contributed by atoms with Crippen molar-refractivity contribution in [1.29, 1.82) is 0 Å². The second-order valence-electron chi connectivity index (χ2n) is 9.12. The number of halogens is 1. The lowest BCUT2D eigenvalue weighted by atomic mass is 9.58. The molecule has 7 atom stereocenters. The molecule has 2 aliphatic rings. The molecular formula is C24H35ClO2. The van der Waals surface area contributed by atoms with E-state index >= 15 is 0 Å². The highest BCUT2D eigenvalue weighted by Gasteiger charge is 2.51. The van der Waals surface area contributed by atoms with E-state index in [1.54, 1.807) is 0 Å². The van der Waals surface area contributed by atoms with Crippen LogP contribution in [0.4, 0.5) is 0 Å². The van der Waals surface area contributed by atoms with Gasteiger partial charge in [-0.3, -0.25) is 0 Å². The van der Waals surface area contributed by atoms with Gasteiger partial charge in [0.25, 0.3) is 0 Å². The molecule has 150 valence electrons. The first-order chi connectivity index (χ1) is 12.9. The fourth-order valence-corrected chi connectivity index (χ4v) is 6.19. The predicted octanol–water partition coefficient (Wildman–Crippen LogP) is 6.49. The van der Waals surface area contributed by atoms with Crippen LogP contribution in [0, 0.1) is 23.2 Å². The zero-order chi connectivity index (χ0) is 19.6. The van der Waals surface area contributed by atoms with Crippen molar-refractivity contribution in [3.8, 4) is 0 Å². The lowest BCUT2D eigenvalue weighted by Crippen LogP contribution is -2.41. The normalized spacial score (nSPS) is 35.6. The number of fused-ring (bicyclic) bond motifs is 1. The van der Waals surface area contributed by atoms with Gasteiger partial charge in [-0.15, -0.1) is 0 Å². The second kappa shape index (κ2) is 8.68. The van der Waals surface area contributed by atoms with Crippen LogP contribution in [-0.4, -0.2) is 17.3 Å². The lowest BCUT2D eigenvalue weighted by Gasteiger charge is -2.48. The number of benzene rings is 1. The van der Waals surface area contributed by atoms with Crippen molar-refractivity contribution in [1.82, 2.24) is 0 Å². The summed E-state index contributed by atoms with van der Waals surface area (Å²) in [6.07, 6.45) is 5.17. The van der Waals surface area contributed by atoms with Crippen molar-refractivity contribution in [2.75, 3.05) is 0 Å². The van der Waals surface area contributed by atoms with Crippen molar-refractivity contribution in [3.63, 3.8) is 0 Å². The third-order valence-corrected chi connectivity index (χ3v) is 7.55. The van der Waals surface area contributed by atoms with Gasteiger partial charge in [-0.25, -0.2) is 0 Å². The Hall–Kier alpha value is -0.830. The molecule has 0 aromatic heterocycles. The Morgan fingerprint density at radius 3 is 2.59 bits per heavy atom. The Kier molecular flexibility index (Phi) is 6.71. The van der Waals surface area contributed by atoms with Crippen LogP contribution in [0.1, 0.15) is 71.5 Å². The van der Waals surface area contributed by atoms with Crippen molar-refractivity contribution in [2.24, 2.45) is 23.2 Å². The quantitative estimate of drug-likeness (QED) is 0.601. The summed E-state index contributed by atoms with van der Waals surface area (Å²) in [6.45, 7) is 8.76. The van der Waals surface area contributed by atoms with Crippen LogP contribution in [0.25, 0.3) is 0 Å². The number of ether oxygens (including phenoxy) is 1. The molecule has 2 aliphatic carbocycles. The highest BCUT2D eigenvalue weighted by molar-refractivity contribution is 6.25. The number of aliphatic hydroxyl groups excluding tert-OH is 1. The van der Waals surface area contributed by atoms with E-state index in [1.165, 1.54) is 24.0 Å². The SMILES string of the molecule is C[C@H]1C(C(O[C@@H](C)C[C@H](C)O)c2ccccc2)CC[C@]2(C)/C(=C/Cl)CCC12. The highest BCUT2D eigenvalue weighted by Crippen LogP contribution is 2.60. The molecule has 0 heterocycles. The van der Waals surface area contributed by atoms with E-state index in [-0.39, 0.29) is 23.7 Å². The van der Waals surface area contributed by atoms with Gasteiger partial charge >= 0.3 is 0 Å². The summed E-state index contributed by atoms with van der Waals surface area (Å²) >= 11 is 6.17. The summed E-state index contributed by atoms with van der Waals surface area (Å²) in [5, 5.41) is 9.78. The number of hydrogen-bond donors (Lipinski definition) is 1. The van der Waals surface area contributed by atoms with E-state index in [9.17, 15) is 5.11 Å². The molecule has 3 unspecified atom stereocenters. The molecule has 2 fully saturated rings. The average Bonchev–Trinajstić information content (AvgIpc) is 2.98. The Morgan fingerprint density at radius 2 is 1.96 bits per heavy atom. The molecule has 0 bridgehead atoms. The number of aliphatic hydroxyl groups is 1. The summed E-state index contributed by atoms with van der Waals surface area (Å²) in [4.78, 5) is 0. The van der Waals surface area contributed by atoms with Gasteiger partial charge in [-0.2, -0.15) is 0 Å². The molecule has 0 aliphatic heterocycles. The standard InChI is InChI=1S/C24H35ClO2/c1-16(26)14-17(2)27-23(19-8-6-5-7-9-19)21-12-13-24(4)20(15-25)10-11-22(24)18(21)3/h5-9,15-18,21-23,26H,10-14H2,1-4H3/b20-15+/t16-,17-,18-,21?,22?,23?,24+/m0/s1. The van der Waals surface area contributed by atoms with E-state index in [0.717, 1.165) is 12.8 Å². The van der Waals surface area contributed by atoms with Gasteiger partial charge in [0.1, 0.15) is 0 Å². The van der Waals surface area contributed by atoms with Crippen LogP contribution in [0.3, 0.4) is 0 Å². The maximum atomic E-state index is 9.78. The fraction of sp³-hybridized carbons (Fsp3) is 0.667. The summed E-state index contributed by atoms with van der Waals surface area (Å²) < 4.78 is 6.59. The monoisotopic (exact) mass is 390 g/mol. The molecule has 1 N–H and O–H groups in total. The van der Waals surface area contributed by atoms with Crippen LogP contribution in [0.15, 0.2) is 41.4 Å². The molecule has 3 rings (SSSR count). The Labute approximate surface area is 170 Å². The van der Waals surface area contributed by atoms with Gasteiger partial charge in [-0.1, -0.05) is 61.4 Å². The van der Waals surface area contributed by atoms with E-state index in [4.69, 9.17) is 16.3 Å². The number of hydrogen-bond acceptors (Lipinski definition) is 2. The summed E-state index contributed by atoms with van der Waals surface area (Å²) in [5.74, 6) is 1.75. The predicted molar refractivity (Wildman–Crippen MR) is 113 cm³/mol. The number of allylic oxidation sites excluding steroid dienone is 1. The maximum Gasteiger partial charge on any atom is 0.0859 e. The van der Waals surface area contributed by atoms with E-state index in [1.807, 2.05) is 12.5 Å². The zero-order valence-corrected chi connectivity index (χ0v) is 18.0. The Morgan fingerprint density at radius 1 is 1.26 bits per heavy atom. The van der Waals surface area contributed by atoms with Gasteiger partial charge in [0.15, 0.2) is 0 Å². The Bertz CT molecular complexity index is 641. The largest absolute Gasteiger partial charge is 0.393 e. The molecule has 0 amide bonds. The second-order valence-corrected chi connectivity index (χ2v) is 9.34. The summed E-state index contributed by atoms with van der Waals surface area (Å²) in [5.41, 5.74) is 4.81. The van der Waals surface area contributed by atoms with Gasteiger partial charge in [0.2, 0.25) is 0 Å². The van der Waals surface area contributed by atoms with E-state index in [0.29, 0.717) is 24.2 Å². The molecule has 0 radical (unpaired) electrons. The number of rotatable bonds is 6. The first-order valence-electron chi connectivity index (χ1n) is 10.5. The summed E-state index contributed by atoms with van der Waals surface area (Å²) in [6, 6.07) is 10.7. The third kappa shape index (κ3) is 4.28. The molecule has 1 aromatic rings. The van der Waals surface area contributed by atoms with Crippen LogP contribution in [-0.2, 0) is 4.74 Å². The molecule has 2 nitrogen and oxygen atoms in total. The van der Waals surface area contributed by atoms with E-state index < -0.39 is 0 Å². The molecular weight excluding hydrogens is 356 g/mol. The van der Waals surface area contributed by atoms with Crippen molar-refractivity contribution < 1.29 is 9.84 Å². The lowest BCUT2D eigenvalue weighted by molar-refractivity contribution is -0.0909. The van der Waals surface area contributed by atoms with E-state index in [2.05, 4.69) is 51.1 Å². The summed E-state index contributed by atoms with van der Waals surface area (Å²) in [7, 11) is 0. The minimum Gasteiger partial charge on any atom is -0.393 e. The molecule has 0 spiro atoms. The minimum atomic E-state index is -0.338. The first kappa shape index (κ1) is 20.9. The van der Waals surface area contributed by atoms with Crippen molar-refractivity contribution in [2.45, 2.75) is 78.1 Å². The third-order valence-electron chi connectivity index (χ3n) is 7.28. The smallest absolute Gasteiger partial charge is 0.0859 e. The highest BCUT2D eigenvalue weighted by atomic mass is 35.5. The van der Waals surface area contributed by atoms with Crippen LogP contribution in [0.2, 0.25) is 0 Å². The Balaban J connectivity index is 1.85. The van der Waals surface area contributed by atoms with Crippen molar-refractivity contribution >= 4 is 11.6 Å². The molecule has 0 saturated heterocycles. The fourth-order valence-electron chi connectivity index (χ4n) is 5.83. The molecule has 1 aromatic carbocycles. The molecule has 3 heteroatoms.